The summed E-state index contributed by atoms with van der Waals surface area (Å²) >= 11 is 0. The summed E-state index contributed by atoms with van der Waals surface area (Å²) in [6.45, 7) is 0.521. The summed E-state index contributed by atoms with van der Waals surface area (Å²) in [5.74, 6) is -0.606. The van der Waals surface area contributed by atoms with Crippen molar-refractivity contribution < 1.29 is 14.3 Å². The van der Waals surface area contributed by atoms with E-state index in [0.29, 0.717) is 6.61 Å². The molecule has 23 heavy (non-hydrogen) atoms. The summed E-state index contributed by atoms with van der Waals surface area (Å²) in [5.41, 5.74) is 0.842. The van der Waals surface area contributed by atoms with Crippen molar-refractivity contribution in [2.75, 3.05) is 7.11 Å². The van der Waals surface area contributed by atoms with E-state index in [9.17, 15) is 9.59 Å². The summed E-state index contributed by atoms with van der Waals surface area (Å²) in [4.78, 5) is 24.1. The third kappa shape index (κ3) is 3.19. The van der Waals surface area contributed by atoms with Crippen molar-refractivity contribution in [2.24, 2.45) is 0 Å². The minimum Gasteiger partial charge on any atom is -0.465 e. The Morgan fingerprint density at radius 1 is 1.17 bits per heavy atom. The Morgan fingerprint density at radius 3 is 2.61 bits per heavy atom. The molecule has 5 nitrogen and oxygen atoms in total. The molecule has 1 aromatic carbocycles. The predicted molar refractivity (Wildman–Crippen MR) is 85.3 cm³/mol. The SMILES string of the molecule is COC(=O)c1cccn(C2CCC2OCc2ccccc2)c1=O. The Kier molecular flexibility index (Phi) is 4.57. The van der Waals surface area contributed by atoms with Crippen LogP contribution in [0.3, 0.4) is 0 Å². The van der Waals surface area contributed by atoms with E-state index in [1.165, 1.54) is 13.2 Å². The van der Waals surface area contributed by atoms with Gasteiger partial charge in [0.15, 0.2) is 0 Å². The molecule has 2 aromatic rings. The average Bonchev–Trinajstić information content (AvgIpc) is 2.56. The number of carbonyl (C=O) groups excluding carboxylic acids is 1. The zero-order chi connectivity index (χ0) is 16.2. The van der Waals surface area contributed by atoms with Crippen LogP contribution >= 0.6 is 0 Å². The van der Waals surface area contributed by atoms with Crippen LogP contribution in [0.2, 0.25) is 0 Å². The lowest BCUT2D eigenvalue weighted by Crippen LogP contribution is -2.42. The van der Waals surface area contributed by atoms with E-state index in [0.717, 1.165) is 18.4 Å². The Hall–Kier alpha value is -2.40. The number of methoxy groups -OCH3 is 1. The highest BCUT2D eigenvalue weighted by molar-refractivity contribution is 5.88. The van der Waals surface area contributed by atoms with Crippen LogP contribution in [0, 0.1) is 0 Å². The maximum absolute atomic E-state index is 12.4. The standard InChI is InChI=1S/C18H19NO4/c1-22-18(21)14-8-5-11-19(17(14)20)15-9-10-16(15)23-12-13-6-3-2-4-7-13/h2-8,11,15-16H,9-10,12H2,1H3. The molecule has 1 aliphatic rings. The number of ether oxygens (including phenoxy) is 2. The lowest BCUT2D eigenvalue weighted by atomic mass is 9.88. The molecule has 1 fully saturated rings. The highest BCUT2D eigenvalue weighted by Crippen LogP contribution is 2.34. The third-order valence-electron chi connectivity index (χ3n) is 4.22. The second-order valence-corrected chi connectivity index (χ2v) is 5.61. The Morgan fingerprint density at radius 2 is 1.96 bits per heavy atom. The topological polar surface area (TPSA) is 57.5 Å². The molecule has 2 atom stereocenters. The summed E-state index contributed by atoms with van der Waals surface area (Å²) in [7, 11) is 1.27. The molecule has 2 unspecified atom stereocenters. The number of rotatable bonds is 5. The first kappa shape index (κ1) is 15.5. The van der Waals surface area contributed by atoms with Crippen molar-refractivity contribution in [2.45, 2.75) is 31.6 Å². The number of aromatic nitrogens is 1. The second-order valence-electron chi connectivity index (χ2n) is 5.61. The van der Waals surface area contributed by atoms with Gasteiger partial charge in [-0.1, -0.05) is 30.3 Å². The number of benzene rings is 1. The first-order valence-electron chi connectivity index (χ1n) is 7.65. The summed E-state index contributed by atoms with van der Waals surface area (Å²) in [6.07, 6.45) is 3.47. The predicted octanol–water partition coefficient (Wildman–Crippen LogP) is 2.56. The largest absolute Gasteiger partial charge is 0.465 e. The highest BCUT2D eigenvalue weighted by Gasteiger charge is 2.34. The molecule has 0 spiro atoms. The van der Waals surface area contributed by atoms with E-state index >= 15 is 0 Å². The lowest BCUT2D eigenvalue weighted by Gasteiger charge is -2.37. The maximum atomic E-state index is 12.4. The third-order valence-corrected chi connectivity index (χ3v) is 4.22. The van der Waals surface area contributed by atoms with Gasteiger partial charge in [0.25, 0.3) is 5.56 Å². The molecule has 1 saturated carbocycles. The molecule has 3 rings (SSSR count). The van der Waals surface area contributed by atoms with Crippen LogP contribution in [-0.2, 0) is 16.1 Å². The fourth-order valence-corrected chi connectivity index (χ4v) is 2.78. The van der Waals surface area contributed by atoms with Gasteiger partial charge in [0.05, 0.1) is 25.9 Å². The van der Waals surface area contributed by atoms with Crippen molar-refractivity contribution in [1.82, 2.24) is 4.57 Å². The maximum Gasteiger partial charge on any atom is 0.343 e. The molecular weight excluding hydrogens is 294 g/mol. The Balaban J connectivity index is 1.72. The van der Waals surface area contributed by atoms with E-state index in [1.54, 1.807) is 16.8 Å². The Labute approximate surface area is 134 Å². The fourth-order valence-electron chi connectivity index (χ4n) is 2.78. The molecule has 5 heteroatoms. The molecule has 1 aliphatic carbocycles. The van der Waals surface area contributed by atoms with Crippen LogP contribution in [0.25, 0.3) is 0 Å². The number of carbonyl (C=O) groups is 1. The molecule has 0 aliphatic heterocycles. The molecule has 1 heterocycles. The van der Waals surface area contributed by atoms with E-state index < -0.39 is 5.97 Å². The van der Waals surface area contributed by atoms with Crippen molar-refractivity contribution in [3.63, 3.8) is 0 Å². The number of hydrogen-bond acceptors (Lipinski definition) is 4. The summed E-state index contributed by atoms with van der Waals surface area (Å²) in [5, 5.41) is 0. The van der Waals surface area contributed by atoms with Gasteiger partial charge in [-0.3, -0.25) is 4.79 Å². The quantitative estimate of drug-likeness (QED) is 0.796. The highest BCUT2D eigenvalue weighted by atomic mass is 16.5. The van der Waals surface area contributed by atoms with Gasteiger partial charge in [0.1, 0.15) is 5.56 Å². The Bertz CT molecular complexity index is 738. The molecule has 1 aromatic heterocycles. The van der Waals surface area contributed by atoms with Gasteiger partial charge in [-0.25, -0.2) is 4.79 Å². The first-order chi connectivity index (χ1) is 11.2. The van der Waals surface area contributed by atoms with Gasteiger partial charge in [-0.05, 0) is 30.5 Å². The van der Waals surface area contributed by atoms with Crippen molar-refractivity contribution >= 4 is 5.97 Å². The van der Waals surface area contributed by atoms with Gasteiger partial charge in [0, 0.05) is 6.20 Å². The van der Waals surface area contributed by atoms with Crippen LogP contribution in [0.15, 0.2) is 53.5 Å². The monoisotopic (exact) mass is 313 g/mol. The molecule has 0 saturated heterocycles. The molecule has 0 amide bonds. The van der Waals surface area contributed by atoms with Crippen molar-refractivity contribution in [1.29, 1.82) is 0 Å². The second kappa shape index (κ2) is 6.79. The van der Waals surface area contributed by atoms with Gasteiger partial charge >= 0.3 is 5.97 Å². The first-order valence-corrected chi connectivity index (χ1v) is 7.65. The molecule has 0 radical (unpaired) electrons. The van der Waals surface area contributed by atoms with E-state index in [4.69, 9.17) is 4.74 Å². The minimum absolute atomic E-state index is 0.0131. The number of hydrogen-bond donors (Lipinski definition) is 0. The smallest absolute Gasteiger partial charge is 0.343 e. The van der Waals surface area contributed by atoms with Gasteiger partial charge < -0.3 is 14.0 Å². The number of esters is 1. The average molecular weight is 313 g/mol. The van der Waals surface area contributed by atoms with Crippen molar-refractivity contribution in [3.05, 3.63) is 70.1 Å². The minimum atomic E-state index is -0.606. The number of pyridine rings is 1. The van der Waals surface area contributed by atoms with E-state index in [1.807, 2.05) is 30.3 Å². The molecule has 0 bridgehead atoms. The lowest BCUT2D eigenvalue weighted by molar-refractivity contribution is -0.0504. The fraction of sp³-hybridized carbons (Fsp3) is 0.333. The molecule has 0 N–H and O–H groups in total. The van der Waals surface area contributed by atoms with Crippen LogP contribution in [-0.4, -0.2) is 23.8 Å². The number of nitrogens with zero attached hydrogens (tertiary/aromatic N) is 1. The van der Waals surface area contributed by atoms with Crippen LogP contribution in [0.1, 0.15) is 34.8 Å². The summed E-state index contributed by atoms with van der Waals surface area (Å²) in [6, 6.07) is 13.1. The zero-order valence-corrected chi connectivity index (χ0v) is 13.0. The van der Waals surface area contributed by atoms with Gasteiger partial charge in [-0.15, -0.1) is 0 Å². The van der Waals surface area contributed by atoms with Crippen molar-refractivity contribution in [3.8, 4) is 0 Å². The van der Waals surface area contributed by atoms with E-state index in [2.05, 4.69) is 4.74 Å². The van der Waals surface area contributed by atoms with E-state index in [-0.39, 0.29) is 23.3 Å². The normalized spacial score (nSPS) is 19.9. The van der Waals surface area contributed by atoms with Crippen LogP contribution in [0.4, 0.5) is 0 Å². The van der Waals surface area contributed by atoms with Gasteiger partial charge in [-0.2, -0.15) is 0 Å². The van der Waals surface area contributed by atoms with Crippen LogP contribution < -0.4 is 5.56 Å². The zero-order valence-electron chi connectivity index (χ0n) is 13.0. The van der Waals surface area contributed by atoms with Crippen LogP contribution in [0.5, 0.6) is 0 Å². The summed E-state index contributed by atoms with van der Waals surface area (Å²) < 4.78 is 12.2. The molecular formula is C18H19NO4. The molecule has 120 valence electrons. The van der Waals surface area contributed by atoms with Gasteiger partial charge in [0.2, 0.25) is 0 Å².